The highest BCUT2D eigenvalue weighted by Crippen LogP contribution is 2.06. The van der Waals surface area contributed by atoms with E-state index in [9.17, 15) is 4.79 Å². The molecule has 2 N–H and O–H groups in total. The fourth-order valence-corrected chi connectivity index (χ4v) is 2.24. The molecule has 5 nitrogen and oxygen atoms in total. The molecule has 1 aromatic carbocycles. The van der Waals surface area contributed by atoms with Gasteiger partial charge in [-0.25, -0.2) is 0 Å². The van der Waals surface area contributed by atoms with Crippen LogP contribution in [0.3, 0.4) is 0 Å². The second kappa shape index (κ2) is 9.73. The number of hydrogen-bond acceptors (Lipinski definition) is 4. The van der Waals surface area contributed by atoms with Gasteiger partial charge in [0.2, 0.25) is 5.91 Å². The SMILES string of the molecule is COCc1cccc(CNC(=O)CC2COCCN2)c1.Cl. The number of ether oxygens (including phenoxy) is 2. The summed E-state index contributed by atoms with van der Waals surface area (Å²) in [6, 6.07) is 8.17. The Morgan fingerprint density at radius 1 is 1.48 bits per heavy atom. The van der Waals surface area contributed by atoms with Crippen LogP contribution in [0.15, 0.2) is 24.3 Å². The number of methoxy groups -OCH3 is 1. The van der Waals surface area contributed by atoms with Gasteiger partial charge in [0.25, 0.3) is 0 Å². The summed E-state index contributed by atoms with van der Waals surface area (Å²) in [5.41, 5.74) is 2.20. The van der Waals surface area contributed by atoms with Crippen molar-refractivity contribution in [2.75, 3.05) is 26.9 Å². The first kappa shape index (κ1) is 17.9. The van der Waals surface area contributed by atoms with E-state index in [-0.39, 0.29) is 24.4 Å². The molecule has 0 saturated carbocycles. The molecular weight excluding hydrogens is 292 g/mol. The third kappa shape index (κ3) is 6.44. The van der Waals surface area contributed by atoms with Crippen molar-refractivity contribution in [3.8, 4) is 0 Å². The van der Waals surface area contributed by atoms with Crippen LogP contribution in [-0.2, 0) is 27.4 Å². The fourth-order valence-electron chi connectivity index (χ4n) is 2.24. The number of carbonyl (C=O) groups is 1. The van der Waals surface area contributed by atoms with Gasteiger partial charge in [-0.05, 0) is 11.1 Å². The third-order valence-corrected chi connectivity index (χ3v) is 3.22. The molecule has 1 aliphatic rings. The highest BCUT2D eigenvalue weighted by Gasteiger charge is 2.16. The van der Waals surface area contributed by atoms with Crippen LogP contribution in [0.4, 0.5) is 0 Å². The molecule has 6 heteroatoms. The molecule has 1 amide bonds. The first-order valence-corrected chi connectivity index (χ1v) is 6.92. The number of morpholine rings is 1. The maximum atomic E-state index is 11.9. The van der Waals surface area contributed by atoms with Gasteiger partial charge in [-0.2, -0.15) is 0 Å². The van der Waals surface area contributed by atoms with E-state index in [1.165, 1.54) is 0 Å². The van der Waals surface area contributed by atoms with Crippen LogP contribution < -0.4 is 10.6 Å². The van der Waals surface area contributed by atoms with Crippen LogP contribution in [0.25, 0.3) is 0 Å². The van der Waals surface area contributed by atoms with Crippen molar-refractivity contribution >= 4 is 18.3 Å². The molecule has 1 atom stereocenters. The van der Waals surface area contributed by atoms with Crippen molar-refractivity contribution in [1.82, 2.24) is 10.6 Å². The minimum absolute atomic E-state index is 0. The van der Waals surface area contributed by atoms with Crippen molar-refractivity contribution in [3.05, 3.63) is 35.4 Å². The van der Waals surface area contributed by atoms with E-state index in [0.717, 1.165) is 24.3 Å². The van der Waals surface area contributed by atoms with E-state index in [1.807, 2.05) is 24.3 Å². The lowest BCUT2D eigenvalue weighted by Gasteiger charge is -2.23. The van der Waals surface area contributed by atoms with Crippen molar-refractivity contribution in [1.29, 1.82) is 0 Å². The Hall–Kier alpha value is -1.14. The highest BCUT2D eigenvalue weighted by atomic mass is 35.5. The fraction of sp³-hybridized carbons (Fsp3) is 0.533. The van der Waals surface area contributed by atoms with Crippen LogP contribution in [0, 0.1) is 0 Å². The lowest BCUT2D eigenvalue weighted by atomic mass is 10.1. The van der Waals surface area contributed by atoms with Gasteiger partial charge in [0.05, 0.1) is 19.8 Å². The second-order valence-electron chi connectivity index (χ2n) is 4.96. The third-order valence-electron chi connectivity index (χ3n) is 3.22. The smallest absolute Gasteiger partial charge is 0.221 e. The molecule has 21 heavy (non-hydrogen) atoms. The lowest BCUT2D eigenvalue weighted by Crippen LogP contribution is -2.44. The molecule has 1 saturated heterocycles. The molecule has 1 heterocycles. The topological polar surface area (TPSA) is 59.6 Å². The van der Waals surface area contributed by atoms with Crippen molar-refractivity contribution < 1.29 is 14.3 Å². The van der Waals surface area contributed by atoms with E-state index in [2.05, 4.69) is 10.6 Å². The Balaban J connectivity index is 0.00000220. The molecule has 1 aromatic rings. The predicted octanol–water partition coefficient (Wildman–Crippen LogP) is 1.25. The predicted molar refractivity (Wildman–Crippen MR) is 83.5 cm³/mol. The first-order chi connectivity index (χ1) is 9.78. The largest absolute Gasteiger partial charge is 0.380 e. The molecule has 1 unspecified atom stereocenters. The molecule has 0 aromatic heterocycles. The standard InChI is InChI=1S/C15H22N2O3.ClH/c1-19-10-13-4-2-3-12(7-13)9-17-15(18)8-14-11-20-6-5-16-14;/h2-4,7,14,16H,5-6,8-11H2,1H3,(H,17,18);1H. The van der Waals surface area contributed by atoms with Crippen LogP contribution in [0.5, 0.6) is 0 Å². The molecule has 1 fully saturated rings. The first-order valence-electron chi connectivity index (χ1n) is 6.92. The minimum Gasteiger partial charge on any atom is -0.380 e. The summed E-state index contributed by atoms with van der Waals surface area (Å²) < 4.78 is 10.4. The van der Waals surface area contributed by atoms with E-state index in [4.69, 9.17) is 9.47 Å². The molecule has 0 bridgehead atoms. The molecule has 118 valence electrons. The maximum Gasteiger partial charge on any atom is 0.221 e. The minimum atomic E-state index is 0. The van der Waals surface area contributed by atoms with Crippen molar-refractivity contribution in [2.45, 2.75) is 25.6 Å². The molecular formula is C15H23ClN2O3. The number of carbonyl (C=O) groups excluding carboxylic acids is 1. The van der Waals surface area contributed by atoms with Gasteiger partial charge >= 0.3 is 0 Å². The molecule has 0 spiro atoms. The van der Waals surface area contributed by atoms with Gasteiger partial charge < -0.3 is 20.1 Å². The number of hydrogen-bond donors (Lipinski definition) is 2. The van der Waals surface area contributed by atoms with Gasteiger partial charge in [0.15, 0.2) is 0 Å². The Labute approximate surface area is 131 Å². The Morgan fingerprint density at radius 3 is 3.00 bits per heavy atom. The lowest BCUT2D eigenvalue weighted by molar-refractivity contribution is -0.122. The van der Waals surface area contributed by atoms with Crippen molar-refractivity contribution in [2.24, 2.45) is 0 Å². The van der Waals surface area contributed by atoms with Crippen LogP contribution in [0.2, 0.25) is 0 Å². The van der Waals surface area contributed by atoms with E-state index in [0.29, 0.717) is 26.2 Å². The number of rotatable bonds is 6. The Kier molecular flexibility index (Phi) is 8.30. The summed E-state index contributed by atoms with van der Waals surface area (Å²) >= 11 is 0. The average molecular weight is 315 g/mol. The van der Waals surface area contributed by atoms with Crippen LogP contribution >= 0.6 is 12.4 Å². The zero-order valence-corrected chi connectivity index (χ0v) is 13.1. The van der Waals surface area contributed by atoms with Gasteiger partial charge in [-0.1, -0.05) is 24.3 Å². The molecule has 1 aliphatic heterocycles. The normalized spacial score (nSPS) is 17.9. The summed E-state index contributed by atoms with van der Waals surface area (Å²) in [7, 11) is 1.67. The van der Waals surface area contributed by atoms with Gasteiger partial charge in [0, 0.05) is 32.7 Å². The van der Waals surface area contributed by atoms with E-state index >= 15 is 0 Å². The zero-order chi connectivity index (χ0) is 14.2. The highest BCUT2D eigenvalue weighted by molar-refractivity contribution is 5.85. The maximum absolute atomic E-state index is 11.9. The monoisotopic (exact) mass is 314 g/mol. The van der Waals surface area contributed by atoms with Crippen LogP contribution in [-0.4, -0.2) is 38.8 Å². The molecule has 2 rings (SSSR count). The molecule has 0 radical (unpaired) electrons. The van der Waals surface area contributed by atoms with E-state index in [1.54, 1.807) is 7.11 Å². The van der Waals surface area contributed by atoms with Gasteiger partial charge in [-0.15, -0.1) is 12.4 Å². The van der Waals surface area contributed by atoms with E-state index < -0.39 is 0 Å². The van der Waals surface area contributed by atoms with Gasteiger partial charge in [-0.3, -0.25) is 4.79 Å². The average Bonchev–Trinajstić information content (AvgIpc) is 2.47. The quantitative estimate of drug-likeness (QED) is 0.829. The summed E-state index contributed by atoms with van der Waals surface area (Å²) in [6.45, 7) is 3.28. The number of benzene rings is 1. The summed E-state index contributed by atoms with van der Waals surface area (Å²) in [5.74, 6) is 0.0464. The summed E-state index contributed by atoms with van der Waals surface area (Å²) in [5, 5.41) is 6.21. The number of nitrogens with one attached hydrogen (secondary N) is 2. The number of amides is 1. The zero-order valence-electron chi connectivity index (χ0n) is 12.3. The Bertz CT molecular complexity index is 437. The van der Waals surface area contributed by atoms with Crippen molar-refractivity contribution in [3.63, 3.8) is 0 Å². The molecule has 0 aliphatic carbocycles. The second-order valence-corrected chi connectivity index (χ2v) is 4.96. The summed E-state index contributed by atoms with van der Waals surface area (Å²) in [4.78, 5) is 11.9. The van der Waals surface area contributed by atoms with Gasteiger partial charge in [0.1, 0.15) is 0 Å². The van der Waals surface area contributed by atoms with Crippen LogP contribution in [0.1, 0.15) is 17.5 Å². The number of halogens is 1. The summed E-state index contributed by atoms with van der Waals surface area (Å²) in [6.07, 6.45) is 0.456. The Morgan fingerprint density at radius 2 is 2.29 bits per heavy atom.